The number of nitrogens with one attached hydrogen (secondary N) is 1. The van der Waals surface area contributed by atoms with Gasteiger partial charge in [-0.05, 0) is 18.2 Å². The van der Waals surface area contributed by atoms with Gasteiger partial charge in [0, 0.05) is 12.6 Å². The minimum absolute atomic E-state index is 0.199. The highest BCUT2D eigenvalue weighted by atomic mass is 19.3. The molecule has 0 aliphatic carbocycles. The van der Waals surface area contributed by atoms with Gasteiger partial charge in [-0.1, -0.05) is 6.07 Å². The Morgan fingerprint density at radius 2 is 2.00 bits per heavy atom. The van der Waals surface area contributed by atoms with E-state index in [-0.39, 0.29) is 11.7 Å². The molecule has 0 aromatic heterocycles. The number of amides is 1. The molecule has 0 saturated carbocycles. The van der Waals surface area contributed by atoms with Crippen molar-refractivity contribution in [2.45, 2.75) is 6.92 Å². The number of halogens is 3. The van der Waals surface area contributed by atoms with Crippen molar-refractivity contribution in [3.8, 4) is 0 Å². The molecule has 2 nitrogen and oxygen atoms in total. The Kier molecular flexibility index (Phi) is 6.19. The zero-order valence-electron chi connectivity index (χ0n) is 7.56. The smallest absolute Gasteiger partial charge is 0.229 e. The summed E-state index contributed by atoms with van der Waals surface area (Å²) in [7, 11) is 0. The van der Waals surface area contributed by atoms with E-state index in [4.69, 9.17) is 0 Å². The van der Waals surface area contributed by atoms with Crippen molar-refractivity contribution in [2.24, 2.45) is 0 Å². The van der Waals surface area contributed by atoms with Crippen molar-refractivity contribution < 1.29 is 18.0 Å². The van der Waals surface area contributed by atoms with Gasteiger partial charge in [0.05, 0.1) is 0 Å². The quantitative estimate of drug-likeness (QED) is 0.750. The summed E-state index contributed by atoms with van der Waals surface area (Å²) in [5.41, 5.74) is 0.484. The third-order valence-corrected chi connectivity index (χ3v) is 1.14. The third kappa shape index (κ3) is 6.05. The predicted molar refractivity (Wildman–Crippen MR) is 47.8 cm³/mol. The van der Waals surface area contributed by atoms with Crippen molar-refractivity contribution >= 4 is 11.6 Å². The maximum atomic E-state index is 12.5. The SMILES string of the molecule is CC(=O)Nc1cccc(F)c1.FCF. The molecule has 1 amide bonds. The molecule has 1 aromatic carbocycles. The van der Waals surface area contributed by atoms with Crippen LogP contribution in [-0.2, 0) is 4.79 Å². The second-order valence-corrected chi connectivity index (χ2v) is 2.29. The van der Waals surface area contributed by atoms with Gasteiger partial charge in [-0.25, -0.2) is 13.2 Å². The van der Waals surface area contributed by atoms with Crippen LogP contribution in [0.4, 0.5) is 18.9 Å². The average molecular weight is 205 g/mol. The van der Waals surface area contributed by atoms with Crippen LogP contribution in [0.1, 0.15) is 6.92 Å². The summed E-state index contributed by atoms with van der Waals surface area (Å²) in [4.78, 5) is 10.5. The van der Waals surface area contributed by atoms with Gasteiger partial charge in [-0.3, -0.25) is 4.79 Å². The molecule has 5 heteroatoms. The Bertz CT molecular complexity index is 291. The van der Waals surface area contributed by atoms with Crippen LogP contribution >= 0.6 is 0 Å². The van der Waals surface area contributed by atoms with Gasteiger partial charge in [0.15, 0.2) is 0 Å². The highest BCUT2D eigenvalue weighted by molar-refractivity contribution is 5.88. The minimum Gasteiger partial charge on any atom is -0.326 e. The van der Waals surface area contributed by atoms with Crippen LogP contribution in [0.2, 0.25) is 0 Å². The first kappa shape index (κ1) is 12.5. The second kappa shape index (κ2) is 6.94. The lowest BCUT2D eigenvalue weighted by molar-refractivity contribution is -0.114. The van der Waals surface area contributed by atoms with E-state index < -0.39 is 6.93 Å². The van der Waals surface area contributed by atoms with E-state index >= 15 is 0 Å². The maximum Gasteiger partial charge on any atom is 0.229 e. The van der Waals surface area contributed by atoms with Gasteiger partial charge >= 0.3 is 0 Å². The van der Waals surface area contributed by atoms with Crippen LogP contribution in [0.3, 0.4) is 0 Å². The van der Waals surface area contributed by atoms with Crippen LogP contribution < -0.4 is 5.32 Å². The zero-order chi connectivity index (χ0) is 11.0. The van der Waals surface area contributed by atoms with E-state index in [1.54, 1.807) is 12.1 Å². The van der Waals surface area contributed by atoms with Crippen molar-refractivity contribution in [1.29, 1.82) is 0 Å². The summed E-state index contributed by atoms with van der Waals surface area (Å²) >= 11 is 0. The van der Waals surface area contributed by atoms with E-state index in [9.17, 15) is 18.0 Å². The van der Waals surface area contributed by atoms with Gasteiger partial charge < -0.3 is 5.32 Å². The van der Waals surface area contributed by atoms with Crippen LogP contribution in [0.15, 0.2) is 24.3 Å². The van der Waals surface area contributed by atoms with Gasteiger partial charge in [-0.2, -0.15) is 0 Å². The Hall–Kier alpha value is -1.52. The van der Waals surface area contributed by atoms with Crippen LogP contribution in [0, 0.1) is 5.82 Å². The van der Waals surface area contributed by atoms with E-state index in [1.165, 1.54) is 19.1 Å². The van der Waals surface area contributed by atoms with Gasteiger partial charge in [0.2, 0.25) is 12.8 Å². The molecule has 0 bridgehead atoms. The fourth-order valence-electron chi connectivity index (χ4n) is 0.769. The molecular weight excluding hydrogens is 195 g/mol. The highest BCUT2D eigenvalue weighted by Crippen LogP contribution is 2.08. The molecule has 1 N–H and O–H groups in total. The molecule has 0 atom stereocenters. The normalized spacial score (nSPS) is 8.57. The first-order valence-electron chi connectivity index (χ1n) is 3.75. The van der Waals surface area contributed by atoms with Gasteiger partial charge in [-0.15, -0.1) is 0 Å². The minimum atomic E-state index is -1.75. The number of carbonyl (C=O) groups excluding carboxylic acids is 1. The molecule has 0 unspecified atom stereocenters. The molecule has 0 aliphatic rings. The largest absolute Gasteiger partial charge is 0.326 e. The highest BCUT2D eigenvalue weighted by Gasteiger charge is 1.95. The van der Waals surface area contributed by atoms with Gasteiger partial charge in [0.25, 0.3) is 0 Å². The van der Waals surface area contributed by atoms with E-state index in [2.05, 4.69) is 5.32 Å². The Labute approximate surface area is 79.7 Å². The molecule has 0 aliphatic heterocycles. The number of rotatable bonds is 1. The standard InChI is InChI=1S/C8H8FNO.CH2F2/c1-6(11)10-8-4-2-3-7(9)5-8;2-1-3/h2-5H,1H3,(H,10,11);1H2. The van der Waals surface area contributed by atoms with Crippen molar-refractivity contribution in [1.82, 2.24) is 0 Å². The zero-order valence-corrected chi connectivity index (χ0v) is 7.56. The summed E-state index contributed by atoms with van der Waals surface area (Å²) in [6, 6.07) is 5.76. The first-order chi connectivity index (χ1) is 6.60. The average Bonchev–Trinajstić information content (AvgIpc) is 2.03. The summed E-state index contributed by atoms with van der Waals surface area (Å²) in [5.74, 6) is -0.549. The molecule has 0 spiro atoms. The van der Waals surface area contributed by atoms with Crippen molar-refractivity contribution in [3.63, 3.8) is 0 Å². The van der Waals surface area contributed by atoms with Gasteiger partial charge in [0.1, 0.15) is 5.82 Å². The molecule has 1 rings (SSSR count). The monoisotopic (exact) mass is 205 g/mol. The number of anilines is 1. The van der Waals surface area contributed by atoms with Crippen LogP contribution in [0.5, 0.6) is 0 Å². The number of carbonyl (C=O) groups is 1. The van der Waals surface area contributed by atoms with Crippen LogP contribution in [-0.4, -0.2) is 12.8 Å². The fourth-order valence-corrected chi connectivity index (χ4v) is 0.769. The Morgan fingerprint density at radius 3 is 2.43 bits per heavy atom. The van der Waals surface area contributed by atoms with E-state index in [0.29, 0.717) is 5.69 Å². The second-order valence-electron chi connectivity index (χ2n) is 2.29. The number of hydrogen-bond acceptors (Lipinski definition) is 1. The van der Waals surface area contributed by atoms with Crippen molar-refractivity contribution in [2.75, 3.05) is 12.2 Å². The molecule has 14 heavy (non-hydrogen) atoms. The molecule has 0 fully saturated rings. The molecule has 0 heterocycles. The lowest BCUT2D eigenvalue weighted by atomic mass is 10.3. The summed E-state index contributed by atoms with van der Waals surface area (Å²) < 4.78 is 31.7. The lowest BCUT2D eigenvalue weighted by Crippen LogP contribution is -2.05. The molecule has 0 radical (unpaired) electrons. The van der Waals surface area contributed by atoms with Crippen LogP contribution in [0.25, 0.3) is 0 Å². The van der Waals surface area contributed by atoms with E-state index in [1.807, 2.05) is 0 Å². The van der Waals surface area contributed by atoms with Crippen molar-refractivity contribution in [3.05, 3.63) is 30.1 Å². The summed E-state index contributed by atoms with van der Waals surface area (Å²) in [6.07, 6.45) is 0. The summed E-state index contributed by atoms with van der Waals surface area (Å²) in [5, 5.41) is 2.47. The summed E-state index contributed by atoms with van der Waals surface area (Å²) in [6.45, 7) is -0.370. The Morgan fingerprint density at radius 1 is 1.43 bits per heavy atom. The lowest BCUT2D eigenvalue weighted by Gasteiger charge is -1.99. The number of benzene rings is 1. The molecule has 78 valence electrons. The molecular formula is C9H10F3NO. The Balaban J connectivity index is 0.000000500. The third-order valence-electron chi connectivity index (χ3n) is 1.14. The molecule has 0 saturated heterocycles. The topological polar surface area (TPSA) is 29.1 Å². The number of hydrogen-bond donors (Lipinski definition) is 1. The maximum absolute atomic E-state index is 12.5. The molecule has 1 aromatic rings. The predicted octanol–water partition coefficient (Wildman–Crippen LogP) is 2.67. The van der Waals surface area contributed by atoms with E-state index in [0.717, 1.165) is 0 Å². The fraction of sp³-hybridized carbons (Fsp3) is 0.222. The first-order valence-corrected chi connectivity index (χ1v) is 3.75. The number of alkyl halides is 2.